The van der Waals surface area contributed by atoms with Crippen molar-refractivity contribution >= 4 is 11.0 Å². The average Bonchev–Trinajstić information content (AvgIpc) is 3.36. The number of aliphatic hydroxyl groups is 1. The van der Waals surface area contributed by atoms with E-state index in [1.165, 1.54) is 12.7 Å². The van der Waals surface area contributed by atoms with E-state index in [-0.39, 0.29) is 6.61 Å². The Balaban J connectivity index is 1.41. The fourth-order valence-electron chi connectivity index (χ4n) is 3.19. The van der Waals surface area contributed by atoms with E-state index in [2.05, 4.69) is 30.2 Å². The summed E-state index contributed by atoms with van der Waals surface area (Å²) >= 11 is 0. The molecule has 0 bridgehead atoms. The van der Waals surface area contributed by atoms with E-state index in [0.29, 0.717) is 17.6 Å². The second kappa shape index (κ2) is 7.10. The highest BCUT2D eigenvalue weighted by molar-refractivity contribution is 5.77. The van der Waals surface area contributed by atoms with Crippen LogP contribution in [0, 0.1) is 0 Å². The molecule has 4 aromatic heterocycles. The quantitative estimate of drug-likeness (QED) is 0.529. The van der Waals surface area contributed by atoms with E-state index in [0.717, 1.165) is 35.0 Å². The molecule has 0 radical (unpaired) electrons. The van der Waals surface area contributed by atoms with Crippen molar-refractivity contribution in [2.24, 2.45) is 0 Å². The Morgan fingerprint density at radius 1 is 1.18 bits per heavy atom. The molecule has 1 saturated carbocycles. The van der Waals surface area contributed by atoms with Gasteiger partial charge in [-0.2, -0.15) is 10.2 Å². The summed E-state index contributed by atoms with van der Waals surface area (Å²) < 4.78 is 7.42. The first-order valence-corrected chi connectivity index (χ1v) is 9.22. The number of hydrogen-bond donors (Lipinski definition) is 2. The molecule has 0 aromatic carbocycles. The molecule has 0 unspecified atom stereocenters. The first-order valence-electron chi connectivity index (χ1n) is 9.22. The highest BCUT2D eigenvalue weighted by Gasteiger charge is 2.20. The van der Waals surface area contributed by atoms with Gasteiger partial charge < -0.3 is 9.84 Å². The van der Waals surface area contributed by atoms with Gasteiger partial charge in [-0.3, -0.25) is 10.1 Å². The van der Waals surface area contributed by atoms with Crippen molar-refractivity contribution in [2.75, 3.05) is 6.61 Å². The molecule has 9 nitrogen and oxygen atoms in total. The van der Waals surface area contributed by atoms with E-state index in [1.807, 2.05) is 12.1 Å². The lowest BCUT2D eigenvalue weighted by Gasteiger charge is -2.26. The summed E-state index contributed by atoms with van der Waals surface area (Å²) in [5, 5.41) is 22.4. The van der Waals surface area contributed by atoms with E-state index in [4.69, 9.17) is 4.74 Å². The van der Waals surface area contributed by atoms with E-state index >= 15 is 0 Å². The lowest BCUT2D eigenvalue weighted by atomic mass is 9.96. The normalized spacial score (nSPS) is 15.6. The van der Waals surface area contributed by atoms with Crippen LogP contribution in [0.3, 0.4) is 0 Å². The minimum atomic E-state index is -0.697. The number of aromatic nitrogens is 7. The highest BCUT2D eigenvalue weighted by atomic mass is 16.5. The van der Waals surface area contributed by atoms with E-state index in [9.17, 15) is 5.11 Å². The molecule has 5 rings (SSSR count). The van der Waals surface area contributed by atoms with Crippen LogP contribution < -0.4 is 0 Å². The zero-order valence-electron chi connectivity index (χ0n) is 15.1. The van der Waals surface area contributed by atoms with Gasteiger partial charge in [0.2, 0.25) is 0 Å². The number of pyridine rings is 2. The maximum absolute atomic E-state index is 10.4. The van der Waals surface area contributed by atoms with E-state index < -0.39 is 6.10 Å². The number of rotatable bonds is 6. The number of aliphatic hydroxyl groups excluding tert-OH is 1. The van der Waals surface area contributed by atoms with Crippen molar-refractivity contribution in [1.82, 2.24) is 34.9 Å². The largest absolute Gasteiger partial charge is 0.386 e. The minimum Gasteiger partial charge on any atom is -0.386 e. The monoisotopic (exact) mass is 377 g/mol. The molecule has 28 heavy (non-hydrogen) atoms. The van der Waals surface area contributed by atoms with Crippen molar-refractivity contribution in [2.45, 2.75) is 31.5 Å². The fourth-order valence-corrected chi connectivity index (χ4v) is 3.19. The summed E-state index contributed by atoms with van der Waals surface area (Å²) in [6.07, 6.45) is 11.2. The molecule has 0 aliphatic heterocycles. The maximum Gasteiger partial charge on any atom is 0.162 e. The van der Waals surface area contributed by atoms with Gasteiger partial charge in [0.25, 0.3) is 0 Å². The van der Waals surface area contributed by atoms with Crippen LogP contribution in [-0.4, -0.2) is 52.7 Å². The summed E-state index contributed by atoms with van der Waals surface area (Å²) in [6.45, 7) is 0.287. The zero-order chi connectivity index (χ0) is 18.9. The van der Waals surface area contributed by atoms with Crippen LogP contribution in [-0.2, 0) is 4.74 Å². The van der Waals surface area contributed by atoms with Crippen LogP contribution in [0.2, 0.25) is 0 Å². The van der Waals surface area contributed by atoms with Gasteiger partial charge in [-0.1, -0.05) is 0 Å². The molecule has 4 heterocycles. The number of aromatic amines is 1. The molecule has 0 amide bonds. The molecule has 4 aromatic rings. The average molecular weight is 377 g/mol. The number of nitrogens with zero attached hydrogens (tertiary/aromatic N) is 6. The summed E-state index contributed by atoms with van der Waals surface area (Å²) in [5.74, 6) is 0.635. The number of H-pyrrole nitrogens is 1. The third-order valence-electron chi connectivity index (χ3n) is 5.01. The summed E-state index contributed by atoms with van der Waals surface area (Å²) in [4.78, 5) is 12.9. The van der Waals surface area contributed by atoms with Crippen LogP contribution in [0.5, 0.6) is 0 Å². The Labute approximate surface area is 160 Å². The summed E-state index contributed by atoms with van der Waals surface area (Å²) in [5.41, 5.74) is 2.98. The highest BCUT2D eigenvalue weighted by Crippen LogP contribution is 2.25. The third kappa shape index (κ3) is 3.14. The Bertz CT molecular complexity index is 1090. The van der Waals surface area contributed by atoms with Gasteiger partial charge in [0.15, 0.2) is 11.5 Å². The van der Waals surface area contributed by atoms with Crippen LogP contribution in [0.15, 0.2) is 43.2 Å². The van der Waals surface area contributed by atoms with Crippen LogP contribution in [0.1, 0.15) is 30.9 Å². The Kier molecular flexibility index (Phi) is 4.30. The van der Waals surface area contributed by atoms with Crippen LogP contribution in [0.4, 0.5) is 0 Å². The smallest absolute Gasteiger partial charge is 0.162 e. The molecule has 0 spiro atoms. The molecule has 1 atom stereocenters. The van der Waals surface area contributed by atoms with Crippen molar-refractivity contribution in [3.05, 3.63) is 48.8 Å². The van der Waals surface area contributed by atoms with Gasteiger partial charge in [-0.15, -0.1) is 0 Å². The van der Waals surface area contributed by atoms with Crippen molar-refractivity contribution in [1.29, 1.82) is 0 Å². The standard InChI is InChI=1S/C19H19N7O2/c27-17(10-28-16-2-1-3-16)12-4-14-8-24-26(19(14)21-7-12)15-5-13(6-20-9-15)18-22-11-23-25-18/h4-9,11,16-17,27H,1-3,10H2,(H,22,23,25)/t17-/m0/s1. The molecule has 1 fully saturated rings. The van der Waals surface area contributed by atoms with Crippen molar-refractivity contribution in [3.8, 4) is 17.1 Å². The molecule has 9 heteroatoms. The van der Waals surface area contributed by atoms with Crippen molar-refractivity contribution < 1.29 is 9.84 Å². The van der Waals surface area contributed by atoms with Crippen LogP contribution >= 0.6 is 0 Å². The fraction of sp³-hybridized carbons (Fsp3) is 0.316. The lowest BCUT2D eigenvalue weighted by Crippen LogP contribution is -2.24. The Morgan fingerprint density at radius 3 is 2.89 bits per heavy atom. The van der Waals surface area contributed by atoms with Gasteiger partial charge in [0.05, 0.1) is 30.8 Å². The molecular formula is C19H19N7O2. The Hall–Kier alpha value is -3.17. The second-order valence-electron chi connectivity index (χ2n) is 6.91. The zero-order valence-corrected chi connectivity index (χ0v) is 15.1. The maximum atomic E-state index is 10.4. The number of fused-ring (bicyclic) bond motifs is 1. The Morgan fingerprint density at radius 2 is 2.11 bits per heavy atom. The summed E-state index contributed by atoms with van der Waals surface area (Å²) in [6, 6.07) is 3.81. The predicted molar refractivity (Wildman–Crippen MR) is 101 cm³/mol. The van der Waals surface area contributed by atoms with Crippen LogP contribution in [0.25, 0.3) is 28.1 Å². The number of ether oxygens (including phenoxy) is 1. The van der Waals surface area contributed by atoms with Crippen molar-refractivity contribution in [3.63, 3.8) is 0 Å². The minimum absolute atomic E-state index is 0.287. The first kappa shape index (κ1) is 17.0. The second-order valence-corrected chi connectivity index (χ2v) is 6.91. The molecule has 0 saturated heterocycles. The van der Waals surface area contributed by atoms with E-state index in [1.54, 1.807) is 29.5 Å². The molecule has 142 valence electrons. The topological polar surface area (TPSA) is 115 Å². The van der Waals surface area contributed by atoms with Gasteiger partial charge >= 0.3 is 0 Å². The van der Waals surface area contributed by atoms with Gasteiger partial charge in [-0.25, -0.2) is 14.6 Å². The number of nitrogens with one attached hydrogen (secondary N) is 1. The molecule has 1 aliphatic rings. The van der Waals surface area contributed by atoms with Gasteiger partial charge in [0, 0.05) is 28.9 Å². The third-order valence-corrected chi connectivity index (χ3v) is 5.01. The predicted octanol–water partition coefficient (Wildman–Crippen LogP) is 2.20. The molecular weight excluding hydrogens is 358 g/mol. The molecule has 2 N–H and O–H groups in total. The number of hydrogen-bond acceptors (Lipinski definition) is 7. The lowest BCUT2D eigenvalue weighted by molar-refractivity contribution is -0.0427. The SMILES string of the molecule is O[C@@H](COC1CCC1)c1cnc2c(cnn2-c2cncc(-c3ncn[nH]3)c2)c1. The molecule has 1 aliphatic carbocycles. The summed E-state index contributed by atoms with van der Waals surface area (Å²) in [7, 11) is 0. The van der Waals surface area contributed by atoms with Gasteiger partial charge in [-0.05, 0) is 31.4 Å². The van der Waals surface area contributed by atoms with Gasteiger partial charge in [0.1, 0.15) is 12.4 Å². The first-order chi connectivity index (χ1) is 13.8.